The van der Waals surface area contributed by atoms with E-state index < -0.39 is 0 Å². The van der Waals surface area contributed by atoms with E-state index in [2.05, 4.69) is 42.2 Å². The van der Waals surface area contributed by atoms with Crippen LogP contribution in [-0.2, 0) is 5.41 Å². The average molecular weight is 241 g/mol. The van der Waals surface area contributed by atoms with Crippen molar-refractivity contribution in [1.82, 2.24) is 0 Å². The molecule has 1 aromatic carbocycles. The highest BCUT2D eigenvalue weighted by atomic mass is 15.0. The Bertz CT molecular complexity index is 429. The molecular weight excluding hydrogens is 218 g/mol. The van der Waals surface area contributed by atoms with Crippen molar-refractivity contribution >= 4 is 5.69 Å². The summed E-state index contributed by atoms with van der Waals surface area (Å²) >= 11 is 0. The SMILES string of the molecule is C=CCC[C@@H]1Nc2ccccc2C12CCCCC2. The van der Waals surface area contributed by atoms with E-state index in [-0.39, 0.29) is 0 Å². The smallest absolute Gasteiger partial charge is 0.0381 e. The first-order valence-electron chi connectivity index (χ1n) is 7.34. The number of hydrogen-bond donors (Lipinski definition) is 1. The molecule has 1 aliphatic carbocycles. The summed E-state index contributed by atoms with van der Waals surface area (Å²) in [4.78, 5) is 0. The molecule has 1 fully saturated rings. The molecule has 1 heterocycles. The topological polar surface area (TPSA) is 12.0 Å². The summed E-state index contributed by atoms with van der Waals surface area (Å²) in [6.07, 6.45) is 11.3. The number of nitrogens with one attached hydrogen (secondary N) is 1. The lowest BCUT2D eigenvalue weighted by atomic mass is 9.66. The molecule has 0 amide bonds. The minimum atomic E-state index is 0.415. The standard InChI is InChI=1S/C17H23N/c1-2-3-11-16-17(12-7-4-8-13-17)14-9-5-6-10-15(14)18-16/h2,5-6,9-10,16,18H,1,3-4,7-8,11-13H2/t16-/m0/s1. The fraction of sp³-hybridized carbons (Fsp3) is 0.529. The molecule has 1 nitrogen and oxygen atoms in total. The molecule has 1 aromatic rings. The van der Waals surface area contributed by atoms with Crippen LogP contribution in [0.25, 0.3) is 0 Å². The Labute approximate surface area is 110 Å². The van der Waals surface area contributed by atoms with E-state index in [1.807, 2.05) is 0 Å². The summed E-state index contributed by atoms with van der Waals surface area (Å²) in [5.41, 5.74) is 3.38. The molecular formula is C17H23N. The highest BCUT2D eigenvalue weighted by Crippen LogP contribution is 2.51. The van der Waals surface area contributed by atoms with Crippen molar-refractivity contribution in [2.75, 3.05) is 5.32 Å². The number of anilines is 1. The Balaban J connectivity index is 1.95. The van der Waals surface area contributed by atoms with Crippen LogP contribution in [-0.4, -0.2) is 6.04 Å². The molecule has 0 bridgehead atoms. The maximum atomic E-state index is 3.88. The molecule has 0 radical (unpaired) electrons. The zero-order chi connectivity index (χ0) is 12.4. The summed E-state index contributed by atoms with van der Waals surface area (Å²) in [7, 11) is 0. The largest absolute Gasteiger partial charge is 0.381 e. The first-order chi connectivity index (χ1) is 8.87. The Morgan fingerprint density at radius 3 is 2.78 bits per heavy atom. The van der Waals surface area contributed by atoms with Gasteiger partial charge in [-0.2, -0.15) is 0 Å². The lowest BCUT2D eigenvalue weighted by Gasteiger charge is -2.39. The molecule has 1 atom stereocenters. The molecule has 18 heavy (non-hydrogen) atoms. The van der Waals surface area contributed by atoms with E-state index >= 15 is 0 Å². The van der Waals surface area contributed by atoms with Gasteiger partial charge in [0.25, 0.3) is 0 Å². The fourth-order valence-corrected chi connectivity index (χ4v) is 3.99. The van der Waals surface area contributed by atoms with Gasteiger partial charge in [-0.05, 0) is 37.3 Å². The number of para-hydroxylation sites is 1. The van der Waals surface area contributed by atoms with Gasteiger partial charge in [0, 0.05) is 17.1 Å². The van der Waals surface area contributed by atoms with Crippen LogP contribution < -0.4 is 5.32 Å². The highest BCUT2D eigenvalue weighted by Gasteiger charge is 2.46. The molecule has 1 spiro atoms. The maximum absolute atomic E-state index is 3.88. The third-order valence-corrected chi connectivity index (χ3v) is 4.87. The van der Waals surface area contributed by atoms with Gasteiger partial charge in [-0.15, -0.1) is 6.58 Å². The molecule has 2 aliphatic rings. The first kappa shape index (κ1) is 11.8. The van der Waals surface area contributed by atoms with Crippen molar-refractivity contribution in [2.45, 2.75) is 56.4 Å². The number of hydrogen-bond acceptors (Lipinski definition) is 1. The summed E-state index contributed by atoms with van der Waals surface area (Å²) in [5, 5.41) is 3.78. The van der Waals surface area contributed by atoms with Crippen molar-refractivity contribution in [2.24, 2.45) is 0 Å². The summed E-state index contributed by atoms with van der Waals surface area (Å²) < 4.78 is 0. The highest BCUT2D eigenvalue weighted by molar-refractivity contribution is 5.62. The number of benzene rings is 1. The van der Waals surface area contributed by atoms with Gasteiger partial charge in [-0.3, -0.25) is 0 Å². The number of fused-ring (bicyclic) bond motifs is 2. The number of allylic oxidation sites excluding steroid dienone is 1. The monoisotopic (exact) mass is 241 g/mol. The molecule has 0 saturated heterocycles. The van der Waals surface area contributed by atoms with Crippen molar-refractivity contribution in [3.8, 4) is 0 Å². The molecule has 0 aromatic heterocycles. The molecule has 1 heteroatoms. The van der Waals surface area contributed by atoms with Crippen LogP contribution in [0.4, 0.5) is 5.69 Å². The minimum absolute atomic E-state index is 0.415. The summed E-state index contributed by atoms with van der Waals surface area (Å²) in [5.74, 6) is 0. The second-order valence-electron chi connectivity index (χ2n) is 5.83. The van der Waals surface area contributed by atoms with E-state index in [0.29, 0.717) is 11.5 Å². The van der Waals surface area contributed by atoms with E-state index in [4.69, 9.17) is 0 Å². The van der Waals surface area contributed by atoms with Crippen LogP contribution in [0.2, 0.25) is 0 Å². The van der Waals surface area contributed by atoms with Gasteiger partial charge in [-0.25, -0.2) is 0 Å². The van der Waals surface area contributed by atoms with Gasteiger partial charge in [-0.1, -0.05) is 43.5 Å². The van der Waals surface area contributed by atoms with Crippen molar-refractivity contribution < 1.29 is 0 Å². The predicted octanol–water partition coefficient (Wildman–Crippen LogP) is 4.65. The summed E-state index contributed by atoms with van der Waals surface area (Å²) in [6.45, 7) is 3.88. The Morgan fingerprint density at radius 2 is 2.00 bits per heavy atom. The van der Waals surface area contributed by atoms with Crippen LogP contribution in [0.5, 0.6) is 0 Å². The van der Waals surface area contributed by atoms with E-state index in [1.165, 1.54) is 44.2 Å². The molecule has 1 N–H and O–H groups in total. The Morgan fingerprint density at radius 1 is 1.22 bits per heavy atom. The zero-order valence-electron chi connectivity index (χ0n) is 11.1. The van der Waals surface area contributed by atoms with Crippen molar-refractivity contribution in [3.63, 3.8) is 0 Å². The summed E-state index contributed by atoms with van der Waals surface area (Å²) in [6, 6.07) is 9.57. The first-order valence-corrected chi connectivity index (χ1v) is 7.34. The van der Waals surface area contributed by atoms with Crippen molar-refractivity contribution in [1.29, 1.82) is 0 Å². The lowest BCUT2D eigenvalue weighted by molar-refractivity contribution is 0.261. The van der Waals surface area contributed by atoms with Gasteiger partial charge in [0.05, 0.1) is 0 Å². The van der Waals surface area contributed by atoms with Gasteiger partial charge in [0.1, 0.15) is 0 Å². The van der Waals surface area contributed by atoms with Gasteiger partial charge in [0.15, 0.2) is 0 Å². The van der Waals surface area contributed by atoms with Crippen LogP contribution in [0.3, 0.4) is 0 Å². The van der Waals surface area contributed by atoms with Gasteiger partial charge in [0.2, 0.25) is 0 Å². The van der Waals surface area contributed by atoms with Crippen LogP contribution in [0, 0.1) is 0 Å². The Kier molecular flexibility index (Phi) is 3.15. The zero-order valence-corrected chi connectivity index (χ0v) is 11.1. The Hall–Kier alpha value is -1.24. The minimum Gasteiger partial charge on any atom is -0.381 e. The van der Waals surface area contributed by atoms with E-state index in [0.717, 1.165) is 6.42 Å². The molecule has 1 saturated carbocycles. The fourth-order valence-electron chi connectivity index (χ4n) is 3.99. The molecule has 3 rings (SSSR count). The average Bonchev–Trinajstić information content (AvgIpc) is 2.72. The van der Waals surface area contributed by atoms with Crippen LogP contribution in [0.15, 0.2) is 36.9 Å². The third kappa shape index (κ3) is 1.77. The quantitative estimate of drug-likeness (QED) is 0.760. The van der Waals surface area contributed by atoms with Gasteiger partial charge >= 0.3 is 0 Å². The lowest BCUT2D eigenvalue weighted by Crippen LogP contribution is -2.40. The third-order valence-electron chi connectivity index (χ3n) is 4.87. The van der Waals surface area contributed by atoms with Crippen molar-refractivity contribution in [3.05, 3.63) is 42.5 Å². The van der Waals surface area contributed by atoms with Crippen LogP contribution in [0.1, 0.15) is 50.5 Å². The molecule has 1 aliphatic heterocycles. The second-order valence-corrected chi connectivity index (χ2v) is 5.83. The van der Waals surface area contributed by atoms with E-state index in [1.54, 1.807) is 5.56 Å². The second kappa shape index (κ2) is 4.79. The normalized spacial score (nSPS) is 24.6. The number of rotatable bonds is 3. The van der Waals surface area contributed by atoms with Gasteiger partial charge < -0.3 is 5.32 Å². The van der Waals surface area contributed by atoms with E-state index in [9.17, 15) is 0 Å². The van der Waals surface area contributed by atoms with Crippen LogP contribution >= 0.6 is 0 Å². The molecule has 0 unspecified atom stereocenters. The maximum Gasteiger partial charge on any atom is 0.0381 e. The molecule has 96 valence electrons. The predicted molar refractivity (Wildman–Crippen MR) is 78.0 cm³/mol.